The van der Waals surface area contributed by atoms with E-state index in [1.165, 1.54) is 16.8 Å². The lowest BCUT2D eigenvalue weighted by atomic mass is 9.95. The first-order chi connectivity index (χ1) is 23.9. The highest BCUT2D eigenvalue weighted by atomic mass is 19.1. The summed E-state index contributed by atoms with van der Waals surface area (Å²) in [5.74, 6) is 0.990. The van der Waals surface area contributed by atoms with Crippen LogP contribution in [0.5, 0.6) is 0 Å². The van der Waals surface area contributed by atoms with Crippen LogP contribution < -0.4 is 21.1 Å². The van der Waals surface area contributed by atoms with Crippen LogP contribution in [-0.4, -0.2) is 70.5 Å². The smallest absolute Gasteiger partial charge is 0.267 e. The van der Waals surface area contributed by atoms with Gasteiger partial charge >= 0.3 is 0 Å². The Morgan fingerprint density at radius 1 is 0.837 bits per heavy atom. The Morgan fingerprint density at radius 2 is 1.59 bits per heavy atom. The fourth-order valence-electron chi connectivity index (χ4n) is 6.77. The van der Waals surface area contributed by atoms with E-state index in [4.69, 9.17) is 15.7 Å². The van der Waals surface area contributed by atoms with Crippen LogP contribution in [0.4, 0.5) is 21.5 Å². The van der Waals surface area contributed by atoms with Gasteiger partial charge in [0.05, 0.1) is 47.6 Å². The van der Waals surface area contributed by atoms with Gasteiger partial charge in [0.25, 0.3) is 5.56 Å². The Kier molecular flexibility index (Phi) is 9.30. The van der Waals surface area contributed by atoms with Gasteiger partial charge in [-0.25, -0.2) is 19.0 Å². The molecule has 2 aliphatic heterocycles. The third-order valence-electron chi connectivity index (χ3n) is 9.49. The lowest BCUT2D eigenvalue weighted by molar-refractivity contribution is 0.201. The van der Waals surface area contributed by atoms with Crippen molar-refractivity contribution in [2.45, 2.75) is 19.4 Å². The van der Waals surface area contributed by atoms with Crippen molar-refractivity contribution in [1.29, 1.82) is 5.26 Å². The molecule has 248 valence electrons. The molecule has 2 saturated heterocycles. The Hall–Kier alpha value is -5.60. The van der Waals surface area contributed by atoms with Gasteiger partial charge in [-0.05, 0) is 66.8 Å². The van der Waals surface area contributed by atoms with Crippen LogP contribution in [0.2, 0.25) is 0 Å². The zero-order valence-corrected chi connectivity index (χ0v) is 27.2. The van der Waals surface area contributed by atoms with Gasteiger partial charge in [-0.3, -0.25) is 9.69 Å². The molecule has 0 saturated carbocycles. The van der Waals surface area contributed by atoms with E-state index >= 15 is 0 Å². The van der Waals surface area contributed by atoms with Gasteiger partial charge in [0.15, 0.2) is 5.82 Å². The van der Waals surface area contributed by atoms with E-state index in [0.29, 0.717) is 40.9 Å². The molecular weight excluding hydrogens is 617 g/mol. The van der Waals surface area contributed by atoms with E-state index in [9.17, 15) is 14.4 Å². The number of aromatic nitrogens is 4. The predicted molar refractivity (Wildman–Crippen MR) is 190 cm³/mol. The van der Waals surface area contributed by atoms with Crippen molar-refractivity contribution in [1.82, 2.24) is 24.6 Å². The van der Waals surface area contributed by atoms with Crippen molar-refractivity contribution in [3.8, 4) is 28.7 Å². The lowest BCUT2D eigenvalue weighted by Crippen LogP contribution is -2.49. The molecule has 2 aromatic heterocycles. The maximum atomic E-state index is 14.4. The molecule has 49 heavy (non-hydrogen) atoms. The summed E-state index contributed by atoms with van der Waals surface area (Å²) in [5.41, 5.74) is 11.3. The molecule has 0 unspecified atom stereocenters. The van der Waals surface area contributed by atoms with Crippen molar-refractivity contribution in [3.63, 3.8) is 0 Å². The fraction of sp³-hybridized carbons (Fsp3) is 0.289. The first-order valence-corrected chi connectivity index (χ1v) is 16.7. The Labute approximate surface area is 284 Å². The summed E-state index contributed by atoms with van der Waals surface area (Å²) in [6.45, 7) is 6.87. The number of piperidine rings is 1. The van der Waals surface area contributed by atoms with Gasteiger partial charge in [-0.2, -0.15) is 10.4 Å². The highest BCUT2D eigenvalue weighted by Crippen LogP contribution is 2.28. The molecule has 0 atom stereocenters. The molecule has 0 amide bonds. The van der Waals surface area contributed by atoms with E-state index < -0.39 is 0 Å². The molecule has 0 bridgehead atoms. The minimum absolute atomic E-state index is 0.206. The van der Waals surface area contributed by atoms with Crippen LogP contribution in [0, 0.1) is 23.1 Å². The molecule has 3 aromatic carbocycles. The maximum absolute atomic E-state index is 14.4. The van der Waals surface area contributed by atoms with Crippen molar-refractivity contribution >= 4 is 17.1 Å². The number of nitrogen functional groups attached to an aromatic ring is 1. The van der Waals surface area contributed by atoms with Gasteiger partial charge in [-0.15, -0.1) is 0 Å². The molecule has 11 heteroatoms. The van der Waals surface area contributed by atoms with Crippen LogP contribution in [0.25, 0.3) is 22.6 Å². The minimum atomic E-state index is -0.241. The van der Waals surface area contributed by atoms with Gasteiger partial charge in [0, 0.05) is 68.7 Å². The molecule has 0 aliphatic carbocycles. The normalized spacial score (nSPS) is 15.7. The van der Waals surface area contributed by atoms with Crippen LogP contribution in [0.15, 0.2) is 96.1 Å². The van der Waals surface area contributed by atoms with Gasteiger partial charge in [0.2, 0.25) is 0 Å². The average molecular weight is 656 g/mol. The van der Waals surface area contributed by atoms with Crippen LogP contribution in [-0.2, 0) is 6.54 Å². The number of hydrogen-bond donors (Lipinski definition) is 1. The van der Waals surface area contributed by atoms with Crippen molar-refractivity contribution < 1.29 is 4.39 Å². The molecular formula is C38H38FN9O. The molecule has 10 nitrogen and oxygen atoms in total. The summed E-state index contributed by atoms with van der Waals surface area (Å²) >= 11 is 0. The Morgan fingerprint density at radius 3 is 2.35 bits per heavy atom. The van der Waals surface area contributed by atoms with Gasteiger partial charge in [0.1, 0.15) is 5.82 Å². The molecule has 2 fully saturated rings. The number of anilines is 3. The van der Waals surface area contributed by atoms with E-state index in [2.05, 4.69) is 25.9 Å². The molecule has 0 spiro atoms. The summed E-state index contributed by atoms with van der Waals surface area (Å²) < 4.78 is 15.8. The summed E-state index contributed by atoms with van der Waals surface area (Å²) in [7, 11) is 0. The second-order valence-electron chi connectivity index (χ2n) is 12.8. The largest absolute Gasteiger partial charge is 0.399 e. The van der Waals surface area contributed by atoms with E-state index in [1.54, 1.807) is 36.4 Å². The Balaban J connectivity index is 0.928. The summed E-state index contributed by atoms with van der Waals surface area (Å²) in [6, 6.07) is 25.3. The summed E-state index contributed by atoms with van der Waals surface area (Å²) in [4.78, 5) is 29.1. The van der Waals surface area contributed by atoms with E-state index in [-0.39, 0.29) is 11.4 Å². The standard InChI is InChI=1S/C38H38FN9O/c39-34-21-32(41)7-9-36(34)47-13-11-27(12-14-47)25-45-15-17-46(18-16-45)33-23-42-38(43-24-33)31-6-2-4-29(20-31)26-48-37(49)10-8-35(44-48)30-5-1-3-28(19-30)22-40/h1-10,19-21,23-24,27H,11-18,25-26,41H2. The quantitative estimate of drug-likeness (QED) is 0.229. The monoisotopic (exact) mass is 655 g/mol. The van der Waals surface area contributed by atoms with Crippen LogP contribution in [0.3, 0.4) is 0 Å². The van der Waals surface area contributed by atoms with E-state index in [0.717, 1.165) is 81.0 Å². The molecule has 2 aliphatic rings. The zero-order valence-electron chi connectivity index (χ0n) is 27.2. The lowest BCUT2D eigenvalue weighted by Gasteiger charge is -2.40. The minimum Gasteiger partial charge on any atom is -0.399 e. The predicted octanol–water partition coefficient (Wildman–Crippen LogP) is 5.05. The number of nitriles is 1. The third-order valence-corrected chi connectivity index (χ3v) is 9.49. The zero-order chi connectivity index (χ0) is 33.7. The number of halogens is 1. The second kappa shape index (κ2) is 14.3. The van der Waals surface area contributed by atoms with Crippen molar-refractivity contribution in [2.75, 3.05) is 61.3 Å². The van der Waals surface area contributed by atoms with Crippen molar-refractivity contribution in [3.05, 3.63) is 119 Å². The van der Waals surface area contributed by atoms with Gasteiger partial charge < -0.3 is 15.5 Å². The first kappa shape index (κ1) is 32.0. The summed E-state index contributed by atoms with van der Waals surface area (Å²) in [6.07, 6.45) is 5.89. The second-order valence-corrected chi connectivity index (χ2v) is 12.8. The molecule has 4 heterocycles. The highest BCUT2D eigenvalue weighted by Gasteiger charge is 2.25. The molecule has 7 rings (SSSR count). The average Bonchev–Trinajstić information content (AvgIpc) is 3.13. The van der Waals surface area contributed by atoms with Crippen molar-refractivity contribution in [2.24, 2.45) is 5.92 Å². The van der Waals surface area contributed by atoms with E-state index in [1.807, 2.05) is 42.7 Å². The summed E-state index contributed by atoms with van der Waals surface area (Å²) in [5, 5.41) is 13.8. The molecule has 0 radical (unpaired) electrons. The SMILES string of the molecule is N#Cc1cccc(-c2ccc(=O)n(Cc3cccc(-c4ncc(N5CCN(CC6CCN(c7ccc(N)cc7F)CC6)CC5)cn4)c3)n2)c1. The highest BCUT2D eigenvalue weighted by molar-refractivity contribution is 5.61. The fourth-order valence-corrected chi connectivity index (χ4v) is 6.77. The molecule has 5 aromatic rings. The number of piperazine rings is 1. The topological polar surface area (TPSA) is 120 Å². The van der Waals surface area contributed by atoms with Crippen LogP contribution >= 0.6 is 0 Å². The first-order valence-electron chi connectivity index (χ1n) is 16.7. The maximum Gasteiger partial charge on any atom is 0.267 e. The number of benzene rings is 3. The number of nitrogens with two attached hydrogens (primary N) is 1. The number of hydrogen-bond acceptors (Lipinski definition) is 9. The van der Waals surface area contributed by atoms with Gasteiger partial charge in [-0.1, -0.05) is 30.3 Å². The molecule has 2 N–H and O–H groups in total. The third kappa shape index (κ3) is 7.45. The number of nitrogens with zero attached hydrogens (tertiary/aromatic N) is 8. The number of rotatable bonds is 8. The van der Waals surface area contributed by atoms with Crippen LogP contribution in [0.1, 0.15) is 24.0 Å². The Bertz CT molecular complexity index is 2020.